The molecule has 2 N–H and O–H groups in total. The van der Waals surface area contributed by atoms with Gasteiger partial charge in [0.2, 0.25) is 0 Å². The Morgan fingerprint density at radius 3 is 2.30 bits per heavy atom. The number of benzene rings is 1. The van der Waals surface area contributed by atoms with Crippen LogP contribution in [0.15, 0.2) is 36.5 Å². The number of carbonyl (C=O) groups is 2. The Morgan fingerprint density at radius 1 is 1.17 bits per heavy atom. The zero-order chi connectivity index (χ0) is 17.2. The predicted octanol–water partition coefficient (Wildman–Crippen LogP) is 3.98. The summed E-state index contributed by atoms with van der Waals surface area (Å²) in [5, 5.41) is 11.9. The number of amides is 1. The highest BCUT2D eigenvalue weighted by molar-refractivity contribution is 6.31. The third-order valence-corrected chi connectivity index (χ3v) is 3.52. The number of rotatable bonds is 3. The second-order valence-corrected chi connectivity index (χ2v) is 6.57. The summed E-state index contributed by atoms with van der Waals surface area (Å²) in [5.41, 5.74) is 1.32. The Labute approximate surface area is 139 Å². The van der Waals surface area contributed by atoms with Gasteiger partial charge < -0.3 is 10.4 Å². The Bertz CT molecular complexity index is 749. The van der Waals surface area contributed by atoms with Crippen molar-refractivity contribution in [2.75, 3.05) is 5.32 Å². The number of pyridine rings is 1. The van der Waals surface area contributed by atoms with Crippen LogP contribution in [-0.4, -0.2) is 22.0 Å². The fourth-order valence-corrected chi connectivity index (χ4v) is 2.18. The molecule has 1 heterocycles. The van der Waals surface area contributed by atoms with Gasteiger partial charge in [-0.25, -0.2) is 9.78 Å². The van der Waals surface area contributed by atoms with Crippen LogP contribution in [0.1, 0.15) is 47.2 Å². The lowest BCUT2D eigenvalue weighted by atomic mass is 9.87. The molecule has 1 aromatic carbocycles. The highest BCUT2D eigenvalue weighted by Gasteiger charge is 2.17. The van der Waals surface area contributed by atoms with E-state index < -0.39 is 11.9 Å². The number of aromatic carboxylic acids is 1. The molecule has 0 unspecified atom stereocenters. The molecule has 0 aliphatic carbocycles. The van der Waals surface area contributed by atoms with Crippen LogP contribution in [0.3, 0.4) is 0 Å². The summed E-state index contributed by atoms with van der Waals surface area (Å²) in [6, 6.07) is 8.52. The molecule has 0 spiro atoms. The van der Waals surface area contributed by atoms with Gasteiger partial charge in [-0.2, -0.15) is 0 Å². The van der Waals surface area contributed by atoms with Crippen molar-refractivity contribution in [3.8, 4) is 0 Å². The van der Waals surface area contributed by atoms with Crippen LogP contribution in [0.2, 0.25) is 5.02 Å². The van der Waals surface area contributed by atoms with Crippen molar-refractivity contribution in [2.45, 2.75) is 26.2 Å². The molecule has 6 heteroatoms. The topological polar surface area (TPSA) is 79.3 Å². The molecule has 0 saturated carbocycles. The van der Waals surface area contributed by atoms with Gasteiger partial charge >= 0.3 is 5.97 Å². The molecule has 0 bridgehead atoms. The minimum absolute atomic E-state index is 0.0115. The van der Waals surface area contributed by atoms with Gasteiger partial charge in [-0.3, -0.25) is 4.79 Å². The van der Waals surface area contributed by atoms with Crippen molar-refractivity contribution in [1.82, 2.24) is 4.98 Å². The van der Waals surface area contributed by atoms with E-state index >= 15 is 0 Å². The number of carboxylic acid groups (broad SMARTS) is 1. The fourth-order valence-electron chi connectivity index (χ4n) is 2.02. The largest absolute Gasteiger partial charge is 0.476 e. The first-order chi connectivity index (χ1) is 10.7. The first kappa shape index (κ1) is 17.0. The number of carboxylic acids is 1. The van der Waals surface area contributed by atoms with Crippen molar-refractivity contribution in [1.29, 1.82) is 0 Å². The van der Waals surface area contributed by atoms with Crippen LogP contribution in [0.25, 0.3) is 0 Å². The summed E-state index contributed by atoms with van der Waals surface area (Å²) in [4.78, 5) is 27.2. The van der Waals surface area contributed by atoms with E-state index in [-0.39, 0.29) is 21.8 Å². The average Bonchev–Trinajstić information content (AvgIpc) is 2.46. The van der Waals surface area contributed by atoms with E-state index in [2.05, 4.69) is 31.1 Å². The quantitative estimate of drug-likeness (QED) is 0.890. The van der Waals surface area contributed by atoms with Gasteiger partial charge in [0.25, 0.3) is 5.91 Å². The molecule has 120 valence electrons. The number of anilines is 1. The summed E-state index contributed by atoms with van der Waals surface area (Å²) in [7, 11) is 0. The van der Waals surface area contributed by atoms with Crippen LogP contribution >= 0.6 is 11.6 Å². The number of nitrogens with zero attached hydrogens (tertiary/aromatic N) is 1. The molecule has 1 amide bonds. The molecule has 0 aliphatic rings. The first-order valence-corrected chi connectivity index (χ1v) is 7.37. The zero-order valence-corrected chi connectivity index (χ0v) is 13.8. The Morgan fingerprint density at radius 2 is 1.78 bits per heavy atom. The van der Waals surface area contributed by atoms with E-state index in [1.165, 1.54) is 12.3 Å². The maximum Gasteiger partial charge on any atom is 0.356 e. The monoisotopic (exact) mass is 332 g/mol. The number of nitrogens with one attached hydrogen (secondary N) is 1. The molecule has 2 rings (SSSR count). The van der Waals surface area contributed by atoms with Crippen molar-refractivity contribution >= 4 is 29.2 Å². The van der Waals surface area contributed by atoms with Gasteiger partial charge in [-0.15, -0.1) is 0 Å². The molecule has 0 radical (unpaired) electrons. The van der Waals surface area contributed by atoms with Crippen LogP contribution in [0, 0.1) is 0 Å². The summed E-state index contributed by atoms with van der Waals surface area (Å²) in [6.45, 7) is 6.25. The van der Waals surface area contributed by atoms with Gasteiger partial charge in [-0.1, -0.05) is 44.5 Å². The van der Waals surface area contributed by atoms with Crippen LogP contribution in [0.4, 0.5) is 5.69 Å². The maximum atomic E-state index is 12.3. The minimum Gasteiger partial charge on any atom is -0.476 e. The second-order valence-electron chi connectivity index (χ2n) is 6.14. The average molecular weight is 333 g/mol. The SMILES string of the molecule is CC(C)(C)c1ccc(C(=O)Nc2cc(Cl)cnc2C(=O)O)cc1. The number of hydrogen-bond acceptors (Lipinski definition) is 3. The lowest BCUT2D eigenvalue weighted by Gasteiger charge is -2.19. The van der Waals surface area contributed by atoms with E-state index in [1.807, 2.05) is 12.1 Å². The molecule has 2 aromatic rings. The molecule has 1 aromatic heterocycles. The summed E-state index contributed by atoms with van der Waals surface area (Å²) in [5.74, 6) is -1.66. The third kappa shape index (κ3) is 4.07. The van der Waals surface area contributed by atoms with Gasteiger partial charge in [-0.05, 0) is 29.2 Å². The van der Waals surface area contributed by atoms with E-state index in [0.717, 1.165) is 5.56 Å². The van der Waals surface area contributed by atoms with Gasteiger partial charge in [0.15, 0.2) is 5.69 Å². The molecule has 5 nitrogen and oxygen atoms in total. The molecular formula is C17H17ClN2O3. The number of halogens is 1. The van der Waals surface area contributed by atoms with Gasteiger partial charge in [0.05, 0.1) is 10.7 Å². The number of aromatic nitrogens is 1. The fraction of sp³-hybridized carbons (Fsp3) is 0.235. The predicted molar refractivity (Wildman–Crippen MR) is 89.3 cm³/mol. The molecule has 0 fully saturated rings. The van der Waals surface area contributed by atoms with Crippen LogP contribution in [-0.2, 0) is 5.41 Å². The summed E-state index contributed by atoms with van der Waals surface area (Å²) >= 11 is 5.82. The number of carbonyl (C=O) groups excluding carboxylic acids is 1. The highest BCUT2D eigenvalue weighted by atomic mass is 35.5. The molecular weight excluding hydrogens is 316 g/mol. The Balaban J connectivity index is 2.26. The Kier molecular flexibility index (Phi) is 4.71. The second kappa shape index (κ2) is 6.38. The van der Waals surface area contributed by atoms with Crippen molar-refractivity contribution in [3.63, 3.8) is 0 Å². The molecule has 0 atom stereocenters. The lowest BCUT2D eigenvalue weighted by Crippen LogP contribution is -2.16. The van der Waals surface area contributed by atoms with Crippen molar-refractivity contribution in [3.05, 3.63) is 58.4 Å². The van der Waals surface area contributed by atoms with Gasteiger partial charge in [0, 0.05) is 11.8 Å². The van der Waals surface area contributed by atoms with Gasteiger partial charge in [0.1, 0.15) is 0 Å². The summed E-state index contributed by atoms with van der Waals surface area (Å²) in [6.07, 6.45) is 1.22. The number of hydrogen-bond donors (Lipinski definition) is 2. The maximum absolute atomic E-state index is 12.3. The first-order valence-electron chi connectivity index (χ1n) is 6.99. The van der Waals surface area contributed by atoms with Crippen LogP contribution in [0.5, 0.6) is 0 Å². The molecule has 0 saturated heterocycles. The van der Waals surface area contributed by atoms with E-state index in [4.69, 9.17) is 16.7 Å². The zero-order valence-electron chi connectivity index (χ0n) is 13.1. The lowest BCUT2D eigenvalue weighted by molar-refractivity contribution is 0.0692. The third-order valence-electron chi connectivity index (χ3n) is 3.32. The van der Waals surface area contributed by atoms with Crippen molar-refractivity contribution in [2.24, 2.45) is 0 Å². The standard InChI is InChI=1S/C17H17ClN2O3/c1-17(2,3)11-6-4-10(5-7-11)15(21)20-13-8-12(18)9-19-14(13)16(22)23/h4-9H,1-3H3,(H,20,21)(H,22,23). The van der Waals surface area contributed by atoms with E-state index in [9.17, 15) is 9.59 Å². The van der Waals surface area contributed by atoms with E-state index in [1.54, 1.807) is 12.1 Å². The minimum atomic E-state index is -1.24. The van der Waals surface area contributed by atoms with E-state index in [0.29, 0.717) is 5.56 Å². The molecule has 23 heavy (non-hydrogen) atoms. The summed E-state index contributed by atoms with van der Waals surface area (Å²) < 4.78 is 0. The van der Waals surface area contributed by atoms with Crippen LogP contribution < -0.4 is 5.32 Å². The molecule has 0 aliphatic heterocycles. The normalized spacial score (nSPS) is 11.1. The van der Waals surface area contributed by atoms with Crippen molar-refractivity contribution < 1.29 is 14.7 Å². The highest BCUT2D eigenvalue weighted by Crippen LogP contribution is 2.23. The Hall–Kier alpha value is -2.40. The smallest absolute Gasteiger partial charge is 0.356 e.